The summed E-state index contributed by atoms with van der Waals surface area (Å²) in [5.41, 5.74) is 1.09. The molecule has 0 heterocycles. The van der Waals surface area contributed by atoms with E-state index in [1.165, 1.54) is 0 Å². The first-order valence-corrected chi connectivity index (χ1v) is 8.82. The Morgan fingerprint density at radius 2 is 2.08 bits per heavy atom. The molecule has 0 spiro atoms. The third-order valence-corrected chi connectivity index (χ3v) is 5.15. The SMILES string of the molecule is COC1=CC(=N)/C(=C\[N+]#CC2CCC(N(C)C(C)=O)CC2)C=C1Br. The third kappa shape index (κ3) is 4.57. The van der Waals surface area contributed by atoms with Crippen LogP contribution in [0, 0.1) is 17.4 Å². The van der Waals surface area contributed by atoms with Gasteiger partial charge in [-0.2, -0.15) is 0 Å². The Morgan fingerprint density at radius 1 is 1.42 bits per heavy atom. The van der Waals surface area contributed by atoms with Gasteiger partial charge >= 0.3 is 6.20 Å². The van der Waals surface area contributed by atoms with Crippen molar-refractivity contribution in [3.63, 3.8) is 0 Å². The molecule has 0 bridgehead atoms. The number of allylic oxidation sites excluding steroid dienone is 4. The first-order valence-electron chi connectivity index (χ1n) is 8.03. The lowest BCUT2D eigenvalue weighted by Crippen LogP contribution is -2.37. The van der Waals surface area contributed by atoms with Crippen molar-refractivity contribution in [2.75, 3.05) is 14.2 Å². The van der Waals surface area contributed by atoms with E-state index >= 15 is 0 Å². The van der Waals surface area contributed by atoms with Gasteiger partial charge in [-0.3, -0.25) is 10.2 Å². The zero-order chi connectivity index (χ0) is 17.7. The molecule has 1 saturated carbocycles. The number of hydrogen-bond acceptors (Lipinski definition) is 3. The Balaban J connectivity index is 1.94. The van der Waals surface area contributed by atoms with Crippen LogP contribution >= 0.6 is 15.9 Å². The maximum atomic E-state index is 11.4. The van der Waals surface area contributed by atoms with Crippen LogP contribution in [0.25, 0.3) is 4.85 Å². The van der Waals surface area contributed by atoms with Gasteiger partial charge in [0, 0.05) is 26.1 Å². The Bertz CT molecular complexity index is 674. The number of ether oxygens (including phenoxy) is 1. The number of rotatable bonds is 2. The first kappa shape index (κ1) is 18.5. The first-order chi connectivity index (χ1) is 11.4. The molecule has 24 heavy (non-hydrogen) atoms. The molecule has 128 valence electrons. The fourth-order valence-corrected chi connectivity index (χ4v) is 3.42. The van der Waals surface area contributed by atoms with Crippen molar-refractivity contribution >= 4 is 27.5 Å². The monoisotopic (exact) mass is 392 g/mol. The summed E-state index contributed by atoms with van der Waals surface area (Å²) in [6.45, 7) is 1.61. The fraction of sp³-hybridized carbons (Fsp3) is 0.500. The second-order valence-electron chi connectivity index (χ2n) is 6.10. The van der Waals surface area contributed by atoms with Crippen molar-refractivity contribution < 1.29 is 9.53 Å². The second kappa shape index (κ2) is 8.29. The molecular formula is C18H23BrN3O2+. The van der Waals surface area contributed by atoms with E-state index in [0.29, 0.717) is 23.4 Å². The summed E-state index contributed by atoms with van der Waals surface area (Å²) in [7, 11) is 3.45. The molecule has 1 N–H and O–H groups in total. The smallest absolute Gasteiger partial charge is 0.314 e. The van der Waals surface area contributed by atoms with E-state index in [-0.39, 0.29) is 5.91 Å². The van der Waals surface area contributed by atoms with Gasteiger partial charge in [-0.25, -0.2) is 0 Å². The van der Waals surface area contributed by atoms with Crippen LogP contribution < -0.4 is 0 Å². The molecule has 6 heteroatoms. The number of nitrogens with zero attached hydrogens (tertiary/aromatic N) is 2. The van der Waals surface area contributed by atoms with Gasteiger partial charge in [0.05, 0.1) is 28.8 Å². The molecule has 1 fully saturated rings. The minimum Gasteiger partial charge on any atom is -0.495 e. The van der Waals surface area contributed by atoms with Gasteiger partial charge in [-0.05, 0) is 52.5 Å². The average Bonchev–Trinajstić information content (AvgIpc) is 2.57. The summed E-state index contributed by atoms with van der Waals surface area (Å²) in [6, 6.07) is 3.51. The van der Waals surface area contributed by atoms with Crippen molar-refractivity contribution in [1.82, 2.24) is 4.90 Å². The molecule has 2 rings (SSSR count). The summed E-state index contributed by atoms with van der Waals surface area (Å²) < 4.78 is 5.97. The molecule has 1 amide bonds. The van der Waals surface area contributed by atoms with Crippen LogP contribution in [-0.2, 0) is 9.53 Å². The fourth-order valence-electron chi connectivity index (χ4n) is 2.89. The van der Waals surface area contributed by atoms with E-state index in [4.69, 9.17) is 10.1 Å². The summed E-state index contributed by atoms with van der Waals surface area (Å²) in [5, 5.41) is 7.99. The van der Waals surface area contributed by atoms with Crippen molar-refractivity contribution in [3.8, 4) is 6.07 Å². The molecule has 0 atom stereocenters. The van der Waals surface area contributed by atoms with Gasteiger partial charge in [-0.15, -0.1) is 0 Å². The largest absolute Gasteiger partial charge is 0.495 e. The lowest BCUT2D eigenvalue weighted by atomic mass is 9.86. The summed E-state index contributed by atoms with van der Waals surface area (Å²) >= 11 is 3.42. The molecule has 0 aromatic heterocycles. The van der Waals surface area contributed by atoms with Crippen LogP contribution in [0.3, 0.4) is 0 Å². The van der Waals surface area contributed by atoms with E-state index in [9.17, 15) is 4.79 Å². The molecule has 0 saturated heterocycles. The topological polar surface area (TPSA) is 57.8 Å². The lowest BCUT2D eigenvalue weighted by molar-refractivity contribution is -0.130. The van der Waals surface area contributed by atoms with Crippen LogP contribution in [-0.4, -0.2) is 36.7 Å². The lowest BCUT2D eigenvalue weighted by Gasteiger charge is -2.31. The number of halogens is 1. The standard InChI is InChI=1S/C18H23BrN3O2/c1-12(23)22(2)15-6-4-13(5-7-15)10-21-11-14-8-16(19)18(24-3)9-17(14)20/h8-9,11,13,15,20H,4-7H2,1-3H3/q+1/b14-11-,20-17?. The highest BCUT2D eigenvalue weighted by Gasteiger charge is 2.26. The zero-order valence-electron chi connectivity index (χ0n) is 14.3. The van der Waals surface area contributed by atoms with E-state index in [1.54, 1.807) is 26.3 Å². The minimum atomic E-state index is 0.123. The number of carbonyl (C=O) groups is 1. The molecule has 0 aromatic rings. The van der Waals surface area contributed by atoms with Crippen molar-refractivity contribution in [3.05, 3.63) is 39.0 Å². The highest BCUT2D eigenvalue weighted by atomic mass is 79.9. The van der Waals surface area contributed by atoms with Crippen molar-refractivity contribution in [2.45, 2.75) is 38.6 Å². The molecule has 0 radical (unpaired) electrons. The van der Waals surface area contributed by atoms with Crippen LogP contribution in [0.4, 0.5) is 0 Å². The summed E-state index contributed by atoms with van der Waals surface area (Å²) in [6.07, 6.45) is 9.10. The Morgan fingerprint density at radius 3 is 2.67 bits per heavy atom. The number of carbonyl (C=O) groups excluding carboxylic acids is 1. The van der Waals surface area contributed by atoms with E-state index in [1.807, 2.05) is 18.0 Å². The minimum absolute atomic E-state index is 0.123. The van der Waals surface area contributed by atoms with Crippen LogP contribution in [0.15, 0.2) is 34.2 Å². The van der Waals surface area contributed by atoms with Gasteiger partial charge in [0.15, 0.2) is 0 Å². The summed E-state index contributed by atoms with van der Waals surface area (Å²) in [4.78, 5) is 17.5. The average molecular weight is 393 g/mol. The van der Waals surface area contributed by atoms with E-state index < -0.39 is 0 Å². The molecular weight excluding hydrogens is 370 g/mol. The normalized spacial score (nSPS) is 25.3. The number of amides is 1. The molecule has 0 aliphatic heterocycles. The van der Waals surface area contributed by atoms with E-state index in [2.05, 4.69) is 26.8 Å². The molecule has 0 aromatic carbocycles. The summed E-state index contributed by atoms with van der Waals surface area (Å²) in [5.74, 6) is 1.07. The maximum Gasteiger partial charge on any atom is 0.314 e. The van der Waals surface area contributed by atoms with Crippen LogP contribution in [0.2, 0.25) is 0 Å². The van der Waals surface area contributed by atoms with Gasteiger partial charge < -0.3 is 9.64 Å². The number of hydrogen-bond donors (Lipinski definition) is 1. The second-order valence-corrected chi connectivity index (χ2v) is 6.95. The molecule has 5 nitrogen and oxygen atoms in total. The predicted molar refractivity (Wildman–Crippen MR) is 99.3 cm³/mol. The highest BCUT2D eigenvalue weighted by Crippen LogP contribution is 2.28. The number of methoxy groups -OCH3 is 1. The van der Waals surface area contributed by atoms with Gasteiger partial charge in [-0.1, -0.05) is 0 Å². The quantitative estimate of drug-likeness (QED) is 0.769. The van der Waals surface area contributed by atoms with Gasteiger partial charge in [0.1, 0.15) is 5.76 Å². The molecule has 2 aliphatic rings. The number of nitrogens with one attached hydrogen (secondary N) is 1. The van der Waals surface area contributed by atoms with Crippen molar-refractivity contribution in [2.24, 2.45) is 5.92 Å². The van der Waals surface area contributed by atoms with Gasteiger partial charge in [0.2, 0.25) is 5.91 Å². The highest BCUT2D eigenvalue weighted by molar-refractivity contribution is 9.12. The molecule has 0 unspecified atom stereocenters. The van der Waals surface area contributed by atoms with Gasteiger partial charge in [0.25, 0.3) is 6.07 Å². The zero-order valence-corrected chi connectivity index (χ0v) is 15.9. The van der Waals surface area contributed by atoms with Crippen LogP contribution in [0.5, 0.6) is 0 Å². The van der Waals surface area contributed by atoms with Crippen LogP contribution in [0.1, 0.15) is 32.6 Å². The molecule has 2 aliphatic carbocycles. The van der Waals surface area contributed by atoms with Crippen molar-refractivity contribution in [1.29, 1.82) is 5.41 Å². The maximum absolute atomic E-state index is 11.4. The Kier molecular flexibility index (Phi) is 6.38. The Labute approximate surface area is 151 Å². The third-order valence-electron chi connectivity index (χ3n) is 4.53. The predicted octanol–water partition coefficient (Wildman–Crippen LogP) is 4.08. The Hall–Kier alpha value is -1.87. The van der Waals surface area contributed by atoms with E-state index in [0.717, 1.165) is 35.7 Å².